The Morgan fingerprint density at radius 2 is 1.78 bits per heavy atom. The third-order valence-corrected chi connectivity index (χ3v) is 1.46. The maximum atomic E-state index is 5.65. The fraction of sp³-hybridized carbons (Fsp3) is 0.125. The van der Waals surface area contributed by atoms with Crippen molar-refractivity contribution >= 4 is 11.6 Å². The normalized spacial score (nSPS) is 9.56. The lowest BCUT2D eigenvalue weighted by atomic mass is 10.2. The summed E-state index contributed by atoms with van der Waals surface area (Å²) < 4.78 is 0. The van der Waals surface area contributed by atoms with E-state index in [1.54, 1.807) is 0 Å². The number of rotatable bonds is 1. The van der Waals surface area contributed by atoms with Crippen LogP contribution in [0.2, 0.25) is 5.02 Å². The van der Waals surface area contributed by atoms with Crippen LogP contribution in [0.4, 0.5) is 0 Å². The molecular formula is C8H8Cl. The predicted molar refractivity (Wildman–Crippen MR) is 40.5 cm³/mol. The van der Waals surface area contributed by atoms with Crippen molar-refractivity contribution in [3.63, 3.8) is 0 Å². The van der Waals surface area contributed by atoms with Crippen LogP contribution in [0.3, 0.4) is 0 Å². The molecule has 47 valence electrons. The van der Waals surface area contributed by atoms with Crippen LogP contribution in [0.25, 0.3) is 0 Å². The van der Waals surface area contributed by atoms with Crippen LogP contribution < -0.4 is 0 Å². The van der Waals surface area contributed by atoms with E-state index in [-0.39, 0.29) is 0 Å². The Morgan fingerprint density at radius 3 is 2.22 bits per heavy atom. The average Bonchev–Trinajstić information content (AvgIpc) is 1.90. The monoisotopic (exact) mass is 139 g/mol. The Bertz CT molecular complexity index is 176. The van der Waals surface area contributed by atoms with Gasteiger partial charge in [-0.3, -0.25) is 0 Å². The second-order valence-electron chi connectivity index (χ2n) is 1.84. The van der Waals surface area contributed by atoms with E-state index in [1.165, 1.54) is 5.56 Å². The third kappa shape index (κ3) is 1.72. The quantitative estimate of drug-likeness (QED) is 0.561. The summed E-state index contributed by atoms with van der Waals surface area (Å²) in [5, 5.41) is 0.792. The molecule has 0 atom stereocenters. The Hall–Kier alpha value is -0.490. The molecule has 0 bridgehead atoms. The van der Waals surface area contributed by atoms with Crippen molar-refractivity contribution in [2.24, 2.45) is 0 Å². The number of hydrogen-bond acceptors (Lipinski definition) is 0. The van der Waals surface area contributed by atoms with Gasteiger partial charge in [-0.2, -0.15) is 0 Å². The zero-order valence-electron chi connectivity index (χ0n) is 5.26. The Kier molecular flexibility index (Phi) is 2.12. The molecular weight excluding hydrogens is 132 g/mol. The van der Waals surface area contributed by atoms with Gasteiger partial charge >= 0.3 is 0 Å². The number of hydrogen-bond donors (Lipinski definition) is 0. The van der Waals surface area contributed by atoms with E-state index in [4.69, 9.17) is 11.6 Å². The molecule has 1 rings (SSSR count). The first-order valence-electron chi connectivity index (χ1n) is 2.88. The van der Waals surface area contributed by atoms with Gasteiger partial charge in [-0.05, 0) is 24.1 Å². The minimum absolute atomic E-state index is 0.792. The molecule has 0 unspecified atom stereocenters. The lowest BCUT2D eigenvalue weighted by Gasteiger charge is -1.92. The van der Waals surface area contributed by atoms with Crippen LogP contribution in [-0.4, -0.2) is 0 Å². The standard InChI is InChI=1S/C8H8Cl/c1-2-7-3-5-8(9)6-4-7/h2-6H,1H3. The molecule has 0 N–H and O–H groups in total. The van der Waals surface area contributed by atoms with E-state index in [0.717, 1.165) is 5.02 Å². The largest absolute Gasteiger partial charge is 0.0843 e. The van der Waals surface area contributed by atoms with Crippen molar-refractivity contribution < 1.29 is 0 Å². The van der Waals surface area contributed by atoms with Gasteiger partial charge in [0.1, 0.15) is 0 Å². The molecule has 0 aliphatic carbocycles. The van der Waals surface area contributed by atoms with Crippen molar-refractivity contribution in [1.29, 1.82) is 0 Å². The van der Waals surface area contributed by atoms with Gasteiger partial charge in [-0.25, -0.2) is 0 Å². The first-order chi connectivity index (χ1) is 4.33. The van der Waals surface area contributed by atoms with Crippen molar-refractivity contribution in [3.8, 4) is 0 Å². The first kappa shape index (κ1) is 6.63. The number of benzene rings is 1. The first-order valence-corrected chi connectivity index (χ1v) is 3.25. The van der Waals surface area contributed by atoms with Crippen LogP contribution in [0, 0.1) is 6.42 Å². The second kappa shape index (κ2) is 2.88. The van der Waals surface area contributed by atoms with Crippen LogP contribution >= 0.6 is 11.6 Å². The van der Waals surface area contributed by atoms with Gasteiger partial charge in [0.15, 0.2) is 0 Å². The van der Waals surface area contributed by atoms with E-state index < -0.39 is 0 Å². The molecule has 1 aromatic carbocycles. The zero-order valence-corrected chi connectivity index (χ0v) is 6.02. The zero-order chi connectivity index (χ0) is 6.69. The summed E-state index contributed by atoms with van der Waals surface area (Å²) in [6, 6.07) is 7.75. The molecule has 1 radical (unpaired) electrons. The minimum atomic E-state index is 0.792. The summed E-state index contributed by atoms with van der Waals surface area (Å²) >= 11 is 5.65. The van der Waals surface area contributed by atoms with Crippen molar-refractivity contribution in [2.45, 2.75) is 6.92 Å². The van der Waals surface area contributed by atoms with E-state index in [0.29, 0.717) is 0 Å². The van der Waals surface area contributed by atoms with Gasteiger partial charge in [0.25, 0.3) is 0 Å². The molecule has 0 saturated carbocycles. The Labute approximate surface area is 60.5 Å². The number of halogens is 1. The second-order valence-corrected chi connectivity index (χ2v) is 2.28. The summed E-state index contributed by atoms with van der Waals surface area (Å²) in [5.74, 6) is 0. The van der Waals surface area contributed by atoms with E-state index in [1.807, 2.05) is 37.6 Å². The van der Waals surface area contributed by atoms with Crippen LogP contribution in [0.1, 0.15) is 12.5 Å². The molecule has 1 aromatic rings. The van der Waals surface area contributed by atoms with Gasteiger partial charge in [0.05, 0.1) is 0 Å². The molecule has 0 spiro atoms. The fourth-order valence-electron chi connectivity index (χ4n) is 0.655. The molecule has 0 aromatic heterocycles. The molecule has 0 aliphatic rings. The summed E-state index contributed by atoms with van der Waals surface area (Å²) in [5.41, 5.74) is 1.21. The van der Waals surface area contributed by atoms with Crippen molar-refractivity contribution in [3.05, 3.63) is 41.3 Å². The third-order valence-electron chi connectivity index (χ3n) is 1.20. The van der Waals surface area contributed by atoms with Gasteiger partial charge in [-0.15, -0.1) is 0 Å². The highest BCUT2D eigenvalue weighted by Crippen LogP contribution is 2.09. The maximum absolute atomic E-state index is 5.65. The van der Waals surface area contributed by atoms with E-state index in [2.05, 4.69) is 0 Å². The fourth-order valence-corrected chi connectivity index (χ4v) is 0.781. The predicted octanol–water partition coefficient (Wildman–Crippen LogP) is 2.91. The van der Waals surface area contributed by atoms with Crippen LogP contribution in [0.15, 0.2) is 24.3 Å². The molecule has 9 heavy (non-hydrogen) atoms. The lowest BCUT2D eigenvalue weighted by molar-refractivity contribution is 1.43. The summed E-state index contributed by atoms with van der Waals surface area (Å²) in [4.78, 5) is 0. The lowest BCUT2D eigenvalue weighted by Crippen LogP contribution is -1.73. The molecule has 0 heterocycles. The van der Waals surface area contributed by atoms with Gasteiger partial charge < -0.3 is 0 Å². The highest BCUT2D eigenvalue weighted by molar-refractivity contribution is 6.30. The molecule has 0 aliphatic heterocycles. The molecule has 0 amide bonds. The van der Waals surface area contributed by atoms with Gasteiger partial charge in [0, 0.05) is 5.02 Å². The van der Waals surface area contributed by atoms with Crippen LogP contribution in [-0.2, 0) is 0 Å². The Morgan fingerprint density at radius 1 is 1.22 bits per heavy atom. The topological polar surface area (TPSA) is 0 Å². The van der Waals surface area contributed by atoms with E-state index >= 15 is 0 Å². The molecule has 0 saturated heterocycles. The molecule has 0 fully saturated rings. The van der Waals surface area contributed by atoms with Gasteiger partial charge in [-0.1, -0.05) is 30.7 Å². The highest BCUT2D eigenvalue weighted by Gasteiger charge is 1.86. The highest BCUT2D eigenvalue weighted by atomic mass is 35.5. The Balaban J connectivity index is 2.88. The van der Waals surface area contributed by atoms with E-state index in [9.17, 15) is 0 Å². The van der Waals surface area contributed by atoms with Crippen molar-refractivity contribution in [2.75, 3.05) is 0 Å². The maximum Gasteiger partial charge on any atom is 0.0406 e. The molecule has 1 heteroatoms. The van der Waals surface area contributed by atoms with Crippen LogP contribution in [0.5, 0.6) is 0 Å². The van der Waals surface area contributed by atoms with Crippen molar-refractivity contribution in [1.82, 2.24) is 0 Å². The summed E-state index contributed by atoms with van der Waals surface area (Å²) in [6.07, 6.45) is 2.04. The SMILES string of the molecule is C[CH]c1ccc(Cl)cc1. The summed E-state index contributed by atoms with van der Waals surface area (Å²) in [7, 11) is 0. The average molecular weight is 140 g/mol. The molecule has 0 nitrogen and oxygen atoms in total. The van der Waals surface area contributed by atoms with Gasteiger partial charge in [0.2, 0.25) is 0 Å². The minimum Gasteiger partial charge on any atom is -0.0843 e. The smallest absolute Gasteiger partial charge is 0.0406 e. The summed E-state index contributed by atoms with van der Waals surface area (Å²) in [6.45, 7) is 2.00.